The van der Waals surface area contributed by atoms with E-state index in [0.717, 1.165) is 5.56 Å². The van der Waals surface area contributed by atoms with Crippen molar-refractivity contribution < 1.29 is 0 Å². The Hall–Kier alpha value is -0.810. The van der Waals surface area contributed by atoms with Crippen LogP contribution in [0.1, 0.15) is 19.4 Å². The Kier molecular flexibility index (Phi) is 15.6. The van der Waals surface area contributed by atoms with Crippen LogP contribution < -0.4 is 0 Å². The lowest BCUT2D eigenvalue weighted by atomic mass is 10.2. The van der Waals surface area contributed by atoms with Gasteiger partial charge in [-0.15, -0.1) is 0 Å². The first-order valence-electron chi connectivity index (χ1n) is 4.18. The van der Waals surface area contributed by atoms with Gasteiger partial charge in [0.05, 0.1) is 0 Å². The van der Waals surface area contributed by atoms with Crippen LogP contribution in [0.3, 0.4) is 0 Å². The summed E-state index contributed by atoms with van der Waals surface area (Å²) in [5.74, 6) is 1.81. The van der Waals surface area contributed by atoms with E-state index in [4.69, 9.17) is 6.57 Å². The van der Waals surface area contributed by atoms with Crippen LogP contribution in [0.15, 0.2) is 30.3 Å². The molecule has 0 N–H and O–H groups in total. The lowest BCUT2D eigenvalue weighted by Crippen LogP contribution is -1.74. The Morgan fingerprint density at radius 1 is 1.15 bits per heavy atom. The van der Waals surface area contributed by atoms with Crippen LogP contribution in [0.4, 0.5) is 0 Å². The molecule has 72 valence electrons. The number of nitrogens with zero attached hydrogens (tertiary/aromatic N) is 1. The third kappa shape index (κ3) is 9.10. The fourth-order valence-corrected chi connectivity index (χ4v) is 0.675. The maximum atomic E-state index is 6.57. The molecule has 1 aromatic rings. The quantitative estimate of drug-likeness (QED) is 0.515. The van der Waals surface area contributed by atoms with Gasteiger partial charge in [-0.3, -0.25) is 0 Å². The standard InChI is InChI=1S/C8H7N.C2H6.CH3Br/c1-9-7-8-5-3-2-4-6-8;2*1-2/h2-6H,7H2;1-2H3;1H3. The Morgan fingerprint density at radius 2 is 1.62 bits per heavy atom. The molecule has 0 bridgehead atoms. The van der Waals surface area contributed by atoms with Crippen molar-refractivity contribution in [1.82, 2.24) is 0 Å². The minimum absolute atomic E-state index is 0.501. The average molecular weight is 242 g/mol. The smallest absolute Gasteiger partial charge is 0.239 e. The van der Waals surface area contributed by atoms with E-state index < -0.39 is 0 Å². The molecule has 0 heterocycles. The second kappa shape index (κ2) is 13.8. The first kappa shape index (κ1) is 14.7. The molecule has 0 fully saturated rings. The highest BCUT2D eigenvalue weighted by Crippen LogP contribution is 1.98. The van der Waals surface area contributed by atoms with E-state index in [2.05, 4.69) is 20.8 Å². The Labute approximate surface area is 89.7 Å². The van der Waals surface area contributed by atoms with Crippen LogP contribution in [-0.4, -0.2) is 5.83 Å². The van der Waals surface area contributed by atoms with E-state index in [9.17, 15) is 0 Å². The molecule has 0 amide bonds. The highest BCUT2D eigenvalue weighted by atomic mass is 79.9. The van der Waals surface area contributed by atoms with Gasteiger partial charge in [-0.1, -0.05) is 60.1 Å². The third-order valence-electron chi connectivity index (χ3n) is 1.10. The highest BCUT2D eigenvalue weighted by molar-refractivity contribution is 9.08. The molecular formula is C11H16BrN. The first-order valence-corrected chi connectivity index (χ1v) is 5.77. The van der Waals surface area contributed by atoms with Crippen LogP contribution in [-0.2, 0) is 6.54 Å². The third-order valence-corrected chi connectivity index (χ3v) is 1.10. The molecule has 0 unspecified atom stereocenters. The summed E-state index contributed by atoms with van der Waals surface area (Å²) in [4.78, 5) is 3.26. The molecule has 0 aromatic heterocycles. The van der Waals surface area contributed by atoms with Gasteiger partial charge in [0, 0.05) is 5.56 Å². The van der Waals surface area contributed by atoms with E-state index in [1.54, 1.807) is 0 Å². The van der Waals surface area contributed by atoms with E-state index >= 15 is 0 Å². The first-order chi connectivity index (χ1) is 6.43. The zero-order chi connectivity index (χ0) is 10.5. The summed E-state index contributed by atoms with van der Waals surface area (Å²) in [6.07, 6.45) is 0. The fraction of sp³-hybridized carbons (Fsp3) is 0.364. The van der Waals surface area contributed by atoms with Crippen molar-refractivity contribution in [2.45, 2.75) is 20.4 Å². The normalized spacial score (nSPS) is 6.69. The van der Waals surface area contributed by atoms with E-state index in [1.807, 2.05) is 50.0 Å². The number of benzene rings is 1. The summed E-state index contributed by atoms with van der Waals surface area (Å²) in [6, 6.07) is 9.75. The van der Waals surface area contributed by atoms with Gasteiger partial charge in [0.2, 0.25) is 6.54 Å². The molecule has 0 saturated heterocycles. The van der Waals surface area contributed by atoms with Crippen LogP contribution in [0.25, 0.3) is 4.85 Å². The molecule has 0 spiro atoms. The average Bonchev–Trinajstić information content (AvgIpc) is 2.26. The van der Waals surface area contributed by atoms with Crippen molar-refractivity contribution in [2.75, 3.05) is 5.83 Å². The number of rotatable bonds is 1. The summed E-state index contributed by atoms with van der Waals surface area (Å²) >= 11 is 2.94. The van der Waals surface area contributed by atoms with E-state index in [1.165, 1.54) is 0 Å². The largest absolute Gasteiger partial charge is 0.312 e. The monoisotopic (exact) mass is 241 g/mol. The molecule has 0 aliphatic carbocycles. The molecule has 0 aliphatic rings. The van der Waals surface area contributed by atoms with Crippen molar-refractivity contribution in [3.63, 3.8) is 0 Å². The molecule has 1 aromatic carbocycles. The molecule has 13 heavy (non-hydrogen) atoms. The van der Waals surface area contributed by atoms with Crippen molar-refractivity contribution in [3.05, 3.63) is 47.3 Å². The molecule has 2 heteroatoms. The number of alkyl halides is 1. The van der Waals surface area contributed by atoms with Gasteiger partial charge in [0.1, 0.15) is 0 Å². The van der Waals surface area contributed by atoms with Crippen LogP contribution in [0.2, 0.25) is 0 Å². The topological polar surface area (TPSA) is 4.36 Å². The highest BCUT2D eigenvalue weighted by Gasteiger charge is 1.88. The minimum atomic E-state index is 0.501. The predicted octanol–water partition coefficient (Wildman–Crippen LogP) is 4.14. The van der Waals surface area contributed by atoms with Gasteiger partial charge in [-0.05, 0) is 5.83 Å². The summed E-state index contributed by atoms with van der Waals surface area (Å²) in [6.45, 7) is 11.1. The van der Waals surface area contributed by atoms with Crippen molar-refractivity contribution in [2.24, 2.45) is 0 Å². The Balaban J connectivity index is 0. The van der Waals surface area contributed by atoms with Crippen molar-refractivity contribution >= 4 is 15.9 Å². The van der Waals surface area contributed by atoms with Gasteiger partial charge < -0.3 is 4.85 Å². The van der Waals surface area contributed by atoms with Crippen molar-refractivity contribution in [3.8, 4) is 0 Å². The lowest BCUT2D eigenvalue weighted by Gasteiger charge is -1.85. The van der Waals surface area contributed by atoms with Crippen molar-refractivity contribution in [1.29, 1.82) is 0 Å². The van der Waals surface area contributed by atoms with E-state index in [0.29, 0.717) is 6.54 Å². The second-order valence-electron chi connectivity index (χ2n) is 1.80. The summed E-state index contributed by atoms with van der Waals surface area (Å²) in [5, 5.41) is 0. The fourth-order valence-electron chi connectivity index (χ4n) is 0.675. The SMILES string of the molecule is CBr.CC.[C-]#[N+]Cc1ccccc1. The molecule has 1 rings (SSSR count). The summed E-state index contributed by atoms with van der Waals surface area (Å²) in [7, 11) is 0. The second-order valence-corrected chi connectivity index (χ2v) is 1.80. The number of hydrogen-bond donors (Lipinski definition) is 0. The maximum Gasteiger partial charge on any atom is 0.239 e. The van der Waals surface area contributed by atoms with Gasteiger partial charge in [0.15, 0.2) is 0 Å². The number of halogens is 1. The summed E-state index contributed by atoms with van der Waals surface area (Å²) < 4.78 is 0. The van der Waals surface area contributed by atoms with Gasteiger partial charge >= 0.3 is 0 Å². The van der Waals surface area contributed by atoms with Gasteiger partial charge in [0.25, 0.3) is 0 Å². The van der Waals surface area contributed by atoms with E-state index in [-0.39, 0.29) is 0 Å². The molecule has 0 radical (unpaired) electrons. The zero-order valence-electron chi connectivity index (χ0n) is 8.42. The minimum Gasteiger partial charge on any atom is -0.312 e. The van der Waals surface area contributed by atoms with Crippen LogP contribution >= 0.6 is 15.9 Å². The number of hydrogen-bond acceptors (Lipinski definition) is 0. The molecule has 0 saturated carbocycles. The van der Waals surface area contributed by atoms with Crippen LogP contribution in [0, 0.1) is 6.57 Å². The predicted molar refractivity (Wildman–Crippen MR) is 62.9 cm³/mol. The Morgan fingerprint density at radius 3 is 2.00 bits per heavy atom. The Bertz CT molecular complexity index is 213. The zero-order valence-corrected chi connectivity index (χ0v) is 10.0. The molecule has 0 aliphatic heterocycles. The maximum absolute atomic E-state index is 6.57. The molecule has 0 atom stereocenters. The molecule has 1 nitrogen and oxygen atoms in total. The summed E-state index contributed by atoms with van der Waals surface area (Å²) in [5.41, 5.74) is 1.09. The van der Waals surface area contributed by atoms with Gasteiger partial charge in [-0.25, -0.2) is 6.57 Å². The van der Waals surface area contributed by atoms with Gasteiger partial charge in [-0.2, -0.15) is 0 Å². The lowest BCUT2D eigenvalue weighted by molar-refractivity contribution is 1.27. The van der Waals surface area contributed by atoms with Crippen LogP contribution in [0.5, 0.6) is 0 Å². The molecular weight excluding hydrogens is 226 g/mol.